The van der Waals surface area contributed by atoms with Crippen LogP contribution in [0.25, 0.3) is 0 Å². The van der Waals surface area contributed by atoms with E-state index >= 15 is 0 Å². The Hall–Kier alpha value is -2.28. The molecule has 2 fully saturated rings. The van der Waals surface area contributed by atoms with Crippen LogP contribution in [-0.4, -0.2) is 54.5 Å². The molecule has 148 valence electrons. The number of carbonyl (C=O) groups excluding carboxylic acids is 2. The van der Waals surface area contributed by atoms with Crippen LogP contribution < -0.4 is 5.32 Å². The Morgan fingerprint density at radius 1 is 1.22 bits per heavy atom. The topological polar surface area (TPSA) is 77.1 Å². The number of fused-ring (bicyclic) bond motifs is 1. The number of amides is 2. The monoisotopic (exact) mass is 376 g/mol. The molecule has 2 heterocycles. The molecule has 0 aliphatic carbocycles. The normalized spacial score (nSPS) is 24.9. The maximum absolute atomic E-state index is 12.5. The van der Waals surface area contributed by atoms with E-state index in [1.54, 1.807) is 4.90 Å². The van der Waals surface area contributed by atoms with Gasteiger partial charge in [0.25, 0.3) is 0 Å². The SMILES string of the molecule is CC(C)(C)OC(=O)N1C[C@@H]2CCO[C@@H]2[C@H](NC(=O)OCc2ccccc2)C1. The molecule has 1 aromatic carbocycles. The second-order valence-corrected chi connectivity index (χ2v) is 8.08. The summed E-state index contributed by atoms with van der Waals surface area (Å²) in [4.78, 5) is 26.4. The zero-order valence-electron chi connectivity index (χ0n) is 16.1. The van der Waals surface area contributed by atoms with Crippen LogP contribution >= 0.6 is 0 Å². The molecule has 7 nitrogen and oxygen atoms in total. The summed E-state index contributed by atoms with van der Waals surface area (Å²) in [6.07, 6.45) is -0.115. The Morgan fingerprint density at radius 3 is 2.67 bits per heavy atom. The second kappa shape index (κ2) is 8.17. The Labute approximate surface area is 160 Å². The van der Waals surface area contributed by atoms with Crippen LogP contribution in [0, 0.1) is 5.92 Å². The molecule has 7 heteroatoms. The smallest absolute Gasteiger partial charge is 0.410 e. The highest BCUT2D eigenvalue weighted by Crippen LogP contribution is 2.30. The molecule has 0 unspecified atom stereocenters. The summed E-state index contributed by atoms with van der Waals surface area (Å²) in [5.74, 6) is 0.186. The van der Waals surface area contributed by atoms with Gasteiger partial charge in [-0.05, 0) is 32.8 Å². The van der Waals surface area contributed by atoms with Crippen LogP contribution in [0.5, 0.6) is 0 Å². The van der Waals surface area contributed by atoms with E-state index in [0.29, 0.717) is 19.7 Å². The zero-order chi connectivity index (χ0) is 19.4. The van der Waals surface area contributed by atoms with Gasteiger partial charge in [-0.1, -0.05) is 30.3 Å². The molecular weight excluding hydrogens is 348 g/mol. The molecule has 27 heavy (non-hydrogen) atoms. The predicted octanol–water partition coefficient (Wildman–Crippen LogP) is 2.94. The first-order valence-electron chi connectivity index (χ1n) is 9.38. The number of piperidine rings is 1. The fourth-order valence-corrected chi connectivity index (χ4v) is 3.51. The van der Waals surface area contributed by atoms with Crippen LogP contribution in [0.1, 0.15) is 32.8 Å². The quantitative estimate of drug-likeness (QED) is 0.878. The van der Waals surface area contributed by atoms with Gasteiger partial charge in [0, 0.05) is 25.6 Å². The van der Waals surface area contributed by atoms with Crippen molar-refractivity contribution in [3.8, 4) is 0 Å². The second-order valence-electron chi connectivity index (χ2n) is 8.08. The minimum absolute atomic E-state index is 0.104. The van der Waals surface area contributed by atoms with Crippen molar-refractivity contribution in [3.05, 3.63) is 35.9 Å². The van der Waals surface area contributed by atoms with E-state index in [1.165, 1.54) is 0 Å². The Kier molecular flexibility index (Phi) is 5.89. The number of hydrogen-bond acceptors (Lipinski definition) is 5. The lowest BCUT2D eigenvalue weighted by molar-refractivity contribution is -0.0167. The number of benzene rings is 1. The fourth-order valence-electron chi connectivity index (χ4n) is 3.51. The average Bonchev–Trinajstić information content (AvgIpc) is 3.08. The van der Waals surface area contributed by atoms with Crippen LogP contribution in [0.2, 0.25) is 0 Å². The van der Waals surface area contributed by atoms with Crippen LogP contribution in [0.4, 0.5) is 9.59 Å². The predicted molar refractivity (Wildman–Crippen MR) is 99.2 cm³/mol. The summed E-state index contributed by atoms with van der Waals surface area (Å²) in [6, 6.07) is 9.18. The molecular formula is C20H28N2O5. The van der Waals surface area contributed by atoms with Gasteiger partial charge in [-0.15, -0.1) is 0 Å². The number of carbonyl (C=O) groups is 2. The maximum atomic E-state index is 12.5. The highest BCUT2D eigenvalue weighted by molar-refractivity contribution is 5.70. The third-order valence-corrected chi connectivity index (χ3v) is 4.70. The van der Waals surface area contributed by atoms with Crippen molar-refractivity contribution in [1.82, 2.24) is 10.2 Å². The summed E-state index contributed by atoms with van der Waals surface area (Å²) in [6.45, 7) is 7.28. The van der Waals surface area contributed by atoms with Gasteiger partial charge in [0.2, 0.25) is 0 Å². The lowest BCUT2D eigenvalue weighted by Crippen LogP contribution is -2.59. The summed E-state index contributed by atoms with van der Waals surface area (Å²) in [5, 5.41) is 2.87. The van der Waals surface area contributed by atoms with Crippen LogP contribution in [0.3, 0.4) is 0 Å². The Balaban J connectivity index is 1.58. The van der Waals surface area contributed by atoms with E-state index in [-0.39, 0.29) is 30.8 Å². The number of hydrogen-bond donors (Lipinski definition) is 1. The molecule has 0 aromatic heterocycles. The summed E-state index contributed by atoms with van der Waals surface area (Å²) in [7, 11) is 0. The van der Waals surface area contributed by atoms with Gasteiger partial charge >= 0.3 is 12.2 Å². The van der Waals surface area contributed by atoms with E-state index in [0.717, 1.165) is 12.0 Å². The molecule has 2 aliphatic heterocycles. The molecule has 3 rings (SSSR count). The van der Waals surface area contributed by atoms with Gasteiger partial charge in [-0.2, -0.15) is 0 Å². The van der Waals surface area contributed by atoms with Crippen molar-refractivity contribution in [1.29, 1.82) is 0 Å². The lowest BCUT2D eigenvalue weighted by atomic mass is 9.91. The van der Waals surface area contributed by atoms with Crippen molar-refractivity contribution in [2.45, 2.75) is 51.5 Å². The summed E-state index contributed by atoms with van der Waals surface area (Å²) in [5.41, 5.74) is 0.360. The molecule has 2 aliphatic rings. The summed E-state index contributed by atoms with van der Waals surface area (Å²) >= 11 is 0. The largest absolute Gasteiger partial charge is 0.445 e. The first-order chi connectivity index (χ1) is 12.8. The fraction of sp³-hybridized carbons (Fsp3) is 0.600. The molecule has 3 atom stereocenters. The number of ether oxygens (including phenoxy) is 3. The molecule has 0 radical (unpaired) electrons. The van der Waals surface area contributed by atoms with Crippen molar-refractivity contribution in [2.24, 2.45) is 5.92 Å². The maximum Gasteiger partial charge on any atom is 0.410 e. The van der Waals surface area contributed by atoms with Gasteiger partial charge in [-0.3, -0.25) is 0 Å². The van der Waals surface area contributed by atoms with E-state index in [2.05, 4.69) is 5.32 Å². The third kappa shape index (κ3) is 5.35. The van der Waals surface area contributed by atoms with Gasteiger partial charge in [0.05, 0.1) is 12.1 Å². The van der Waals surface area contributed by atoms with Gasteiger partial charge in [0.15, 0.2) is 0 Å². The molecule has 0 bridgehead atoms. The van der Waals surface area contributed by atoms with E-state index < -0.39 is 11.7 Å². The average molecular weight is 376 g/mol. The van der Waals surface area contributed by atoms with Crippen LogP contribution in [0.15, 0.2) is 30.3 Å². The van der Waals surface area contributed by atoms with Crippen molar-refractivity contribution in [3.63, 3.8) is 0 Å². The highest BCUT2D eigenvalue weighted by atomic mass is 16.6. The van der Waals surface area contributed by atoms with E-state index in [1.807, 2.05) is 51.1 Å². The van der Waals surface area contributed by atoms with Crippen molar-refractivity contribution < 1.29 is 23.8 Å². The lowest BCUT2D eigenvalue weighted by Gasteiger charge is -2.40. The highest BCUT2D eigenvalue weighted by Gasteiger charge is 2.44. The van der Waals surface area contributed by atoms with Crippen molar-refractivity contribution >= 4 is 12.2 Å². The first kappa shape index (κ1) is 19.5. The number of alkyl carbamates (subject to hydrolysis) is 1. The minimum Gasteiger partial charge on any atom is -0.445 e. The van der Waals surface area contributed by atoms with Crippen molar-refractivity contribution in [2.75, 3.05) is 19.7 Å². The summed E-state index contributed by atoms with van der Waals surface area (Å²) < 4.78 is 16.6. The molecule has 0 spiro atoms. The molecule has 2 saturated heterocycles. The minimum atomic E-state index is -0.558. The first-order valence-corrected chi connectivity index (χ1v) is 9.38. The standard InChI is InChI=1S/C20H28N2O5/c1-20(2,3)27-19(24)22-11-15-9-10-25-17(15)16(12-22)21-18(23)26-13-14-7-5-4-6-8-14/h4-8,15-17H,9-13H2,1-3H3,(H,21,23)/t15-,16+,17-/m0/s1. The Morgan fingerprint density at radius 2 is 1.96 bits per heavy atom. The van der Waals surface area contributed by atoms with Crippen LogP contribution in [-0.2, 0) is 20.8 Å². The molecule has 2 amide bonds. The number of nitrogens with zero attached hydrogens (tertiary/aromatic N) is 1. The molecule has 0 saturated carbocycles. The number of likely N-dealkylation sites (tertiary alicyclic amines) is 1. The molecule has 1 N–H and O–H groups in total. The van der Waals surface area contributed by atoms with E-state index in [9.17, 15) is 9.59 Å². The van der Waals surface area contributed by atoms with Gasteiger partial charge in [-0.25, -0.2) is 9.59 Å². The Bertz CT molecular complexity index is 658. The molecule has 1 aromatic rings. The zero-order valence-corrected chi connectivity index (χ0v) is 16.1. The van der Waals surface area contributed by atoms with E-state index in [4.69, 9.17) is 14.2 Å². The third-order valence-electron chi connectivity index (χ3n) is 4.70. The van der Waals surface area contributed by atoms with Gasteiger partial charge in [0.1, 0.15) is 12.2 Å². The number of rotatable bonds is 3. The van der Waals surface area contributed by atoms with Gasteiger partial charge < -0.3 is 24.4 Å². The number of nitrogens with one attached hydrogen (secondary N) is 1.